The van der Waals surface area contributed by atoms with Crippen LogP contribution in [0.1, 0.15) is 37.7 Å². The molecule has 4 heteroatoms. The Kier molecular flexibility index (Phi) is 5.77. The fourth-order valence-electron chi connectivity index (χ4n) is 3.73. The number of nitrogens with zero attached hydrogens (tertiary/aromatic N) is 2. The van der Waals surface area contributed by atoms with Crippen LogP contribution in [0.25, 0.3) is 0 Å². The first-order valence-corrected chi connectivity index (χ1v) is 9.40. The Labute approximate surface area is 146 Å². The van der Waals surface area contributed by atoms with Crippen molar-refractivity contribution in [3.8, 4) is 0 Å². The van der Waals surface area contributed by atoms with Gasteiger partial charge in [0.2, 0.25) is 0 Å². The van der Waals surface area contributed by atoms with Crippen molar-refractivity contribution >= 4 is 5.96 Å². The molecule has 0 atom stereocenters. The van der Waals surface area contributed by atoms with Gasteiger partial charge in [-0.05, 0) is 63.7 Å². The Balaban J connectivity index is 1.40. The normalized spacial score (nSPS) is 21.5. The van der Waals surface area contributed by atoms with Crippen LogP contribution in [0, 0.1) is 5.92 Å². The van der Waals surface area contributed by atoms with Gasteiger partial charge in [-0.2, -0.15) is 0 Å². The fraction of sp³-hybridized carbons (Fsp3) is 0.650. The molecule has 1 aromatic rings. The summed E-state index contributed by atoms with van der Waals surface area (Å²) >= 11 is 0. The molecule has 3 rings (SSSR count). The van der Waals surface area contributed by atoms with Gasteiger partial charge in [0.05, 0.1) is 0 Å². The lowest BCUT2D eigenvalue weighted by Gasteiger charge is -2.29. The minimum absolute atomic E-state index is 0.326. The molecule has 0 bridgehead atoms. The van der Waals surface area contributed by atoms with Crippen molar-refractivity contribution in [3.05, 3.63) is 35.9 Å². The van der Waals surface area contributed by atoms with E-state index in [1.807, 2.05) is 7.05 Å². The third-order valence-corrected chi connectivity index (χ3v) is 5.74. The smallest absolute Gasteiger partial charge is 0.191 e. The Bertz CT molecular complexity index is 528. The number of benzene rings is 1. The van der Waals surface area contributed by atoms with E-state index in [1.54, 1.807) is 0 Å². The van der Waals surface area contributed by atoms with Gasteiger partial charge in [-0.25, -0.2) is 0 Å². The molecule has 4 nitrogen and oxygen atoms in total. The number of hydrogen-bond donors (Lipinski definition) is 2. The third-order valence-electron chi connectivity index (χ3n) is 5.74. The van der Waals surface area contributed by atoms with Gasteiger partial charge in [0.1, 0.15) is 0 Å². The quantitative estimate of drug-likeness (QED) is 0.623. The number of likely N-dealkylation sites (tertiary alicyclic amines) is 1. The van der Waals surface area contributed by atoms with Crippen LogP contribution in [-0.2, 0) is 5.41 Å². The number of piperidine rings is 1. The maximum Gasteiger partial charge on any atom is 0.191 e. The van der Waals surface area contributed by atoms with Crippen LogP contribution in [-0.4, -0.2) is 51.1 Å². The standard InChI is InChI=1S/C20H32N4/c1-21-19(22-13-8-17-9-14-24(2)15-10-17)23-16-20(11-12-20)18-6-4-3-5-7-18/h3-7,17H,8-16H2,1-2H3,(H2,21,22,23). The lowest BCUT2D eigenvalue weighted by molar-refractivity contribution is 0.213. The summed E-state index contributed by atoms with van der Waals surface area (Å²) in [4.78, 5) is 6.83. The number of guanidine groups is 1. The highest BCUT2D eigenvalue weighted by atomic mass is 15.2. The average Bonchev–Trinajstić information content (AvgIpc) is 3.41. The van der Waals surface area contributed by atoms with E-state index in [4.69, 9.17) is 0 Å². The van der Waals surface area contributed by atoms with Crippen molar-refractivity contribution in [2.75, 3.05) is 40.3 Å². The fourth-order valence-corrected chi connectivity index (χ4v) is 3.73. The van der Waals surface area contributed by atoms with Gasteiger partial charge in [0, 0.05) is 25.6 Å². The third kappa shape index (κ3) is 4.50. The van der Waals surface area contributed by atoms with Crippen molar-refractivity contribution in [1.82, 2.24) is 15.5 Å². The molecule has 1 aromatic carbocycles. The number of aliphatic imine (C=N–C) groups is 1. The van der Waals surface area contributed by atoms with Gasteiger partial charge in [-0.15, -0.1) is 0 Å². The van der Waals surface area contributed by atoms with Crippen molar-refractivity contribution in [2.24, 2.45) is 10.9 Å². The maximum atomic E-state index is 4.39. The Morgan fingerprint density at radius 3 is 2.50 bits per heavy atom. The Morgan fingerprint density at radius 1 is 1.17 bits per heavy atom. The summed E-state index contributed by atoms with van der Waals surface area (Å²) in [6.07, 6.45) is 6.47. The lowest BCUT2D eigenvalue weighted by atomic mass is 9.94. The van der Waals surface area contributed by atoms with Crippen LogP contribution >= 0.6 is 0 Å². The van der Waals surface area contributed by atoms with Crippen LogP contribution in [0.3, 0.4) is 0 Å². The van der Waals surface area contributed by atoms with Crippen molar-refractivity contribution < 1.29 is 0 Å². The summed E-state index contributed by atoms with van der Waals surface area (Å²) in [6, 6.07) is 10.9. The number of hydrogen-bond acceptors (Lipinski definition) is 2. The first-order valence-electron chi connectivity index (χ1n) is 9.40. The van der Waals surface area contributed by atoms with E-state index >= 15 is 0 Å². The topological polar surface area (TPSA) is 39.7 Å². The molecular formula is C20H32N4. The number of rotatable bonds is 6. The Hall–Kier alpha value is -1.55. The monoisotopic (exact) mass is 328 g/mol. The summed E-state index contributed by atoms with van der Waals surface area (Å²) in [5.74, 6) is 1.82. The molecule has 2 aliphatic rings. The van der Waals surface area contributed by atoms with E-state index in [2.05, 4.69) is 57.9 Å². The van der Waals surface area contributed by atoms with E-state index in [0.717, 1.165) is 25.0 Å². The predicted octanol–water partition coefficient (Wildman–Crippen LogP) is 2.62. The molecule has 1 saturated heterocycles. The van der Waals surface area contributed by atoms with Gasteiger partial charge in [0.25, 0.3) is 0 Å². The molecule has 2 N–H and O–H groups in total. The van der Waals surface area contributed by atoms with Crippen molar-refractivity contribution in [3.63, 3.8) is 0 Å². The summed E-state index contributed by atoms with van der Waals surface area (Å²) in [5.41, 5.74) is 1.78. The van der Waals surface area contributed by atoms with Gasteiger partial charge in [0.15, 0.2) is 5.96 Å². The molecular weight excluding hydrogens is 296 g/mol. The maximum absolute atomic E-state index is 4.39. The first-order chi connectivity index (χ1) is 11.7. The average molecular weight is 329 g/mol. The zero-order valence-corrected chi connectivity index (χ0v) is 15.2. The van der Waals surface area contributed by atoms with Gasteiger partial charge < -0.3 is 15.5 Å². The van der Waals surface area contributed by atoms with E-state index < -0.39 is 0 Å². The highest BCUT2D eigenvalue weighted by Crippen LogP contribution is 2.47. The number of nitrogens with one attached hydrogen (secondary N) is 2. The minimum Gasteiger partial charge on any atom is -0.356 e. The van der Waals surface area contributed by atoms with Crippen LogP contribution < -0.4 is 10.6 Å². The highest BCUT2D eigenvalue weighted by molar-refractivity contribution is 5.79. The van der Waals surface area contributed by atoms with Crippen LogP contribution in [0.5, 0.6) is 0 Å². The second kappa shape index (κ2) is 8.02. The molecule has 24 heavy (non-hydrogen) atoms. The van der Waals surface area contributed by atoms with Crippen LogP contribution in [0.2, 0.25) is 0 Å². The van der Waals surface area contributed by atoms with Crippen molar-refractivity contribution in [1.29, 1.82) is 0 Å². The van der Waals surface area contributed by atoms with Crippen LogP contribution in [0.4, 0.5) is 0 Å². The van der Waals surface area contributed by atoms with E-state index in [1.165, 1.54) is 50.8 Å². The molecule has 1 aliphatic carbocycles. The molecule has 0 unspecified atom stereocenters. The van der Waals surface area contributed by atoms with Gasteiger partial charge >= 0.3 is 0 Å². The molecule has 0 aromatic heterocycles. The molecule has 132 valence electrons. The predicted molar refractivity (Wildman–Crippen MR) is 102 cm³/mol. The zero-order chi connectivity index (χ0) is 16.8. The van der Waals surface area contributed by atoms with E-state index in [9.17, 15) is 0 Å². The second-order valence-corrected chi connectivity index (χ2v) is 7.53. The van der Waals surface area contributed by atoms with Crippen molar-refractivity contribution in [2.45, 2.75) is 37.5 Å². The van der Waals surface area contributed by atoms with Gasteiger partial charge in [-0.3, -0.25) is 4.99 Å². The molecule has 0 radical (unpaired) electrons. The zero-order valence-electron chi connectivity index (χ0n) is 15.2. The molecule has 1 saturated carbocycles. The minimum atomic E-state index is 0.326. The summed E-state index contributed by atoms with van der Waals surface area (Å²) < 4.78 is 0. The molecule has 0 spiro atoms. The summed E-state index contributed by atoms with van der Waals surface area (Å²) in [7, 11) is 4.09. The molecule has 0 amide bonds. The lowest BCUT2D eigenvalue weighted by Crippen LogP contribution is -2.42. The highest BCUT2D eigenvalue weighted by Gasteiger charge is 2.43. The second-order valence-electron chi connectivity index (χ2n) is 7.53. The molecule has 2 fully saturated rings. The SMILES string of the molecule is CN=C(NCCC1CCN(C)CC1)NCC1(c2ccccc2)CC1. The van der Waals surface area contributed by atoms with Crippen LogP contribution in [0.15, 0.2) is 35.3 Å². The molecule has 1 heterocycles. The Morgan fingerprint density at radius 2 is 1.88 bits per heavy atom. The van der Waals surface area contributed by atoms with E-state index in [0.29, 0.717) is 5.41 Å². The largest absolute Gasteiger partial charge is 0.356 e. The van der Waals surface area contributed by atoms with Gasteiger partial charge in [-0.1, -0.05) is 30.3 Å². The summed E-state index contributed by atoms with van der Waals surface area (Å²) in [5, 5.41) is 7.05. The van der Waals surface area contributed by atoms with E-state index in [-0.39, 0.29) is 0 Å². The summed E-state index contributed by atoms with van der Waals surface area (Å²) in [6.45, 7) is 4.49. The first kappa shape index (κ1) is 17.3. The molecule has 1 aliphatic heterocycles.